The summed E-state index contributed by atoms with van der Waals surface area (Å²) in [5.41, 5.74) is -0.183. The first-order valence-electron chi connectivity index (χ1n) is 9.62. The van der Waals surface area contributed by atoms with Gasteiger partial charge in [-0.15, -0.1) is 0 Å². The molecule has 0 bridgehead atoms. The lowest BCUT2D eigenvalue weighted by molar-refractivity contribution is -0.170. The van der Waals surface area contributed by atoms with E-state index in [4.69, 9.17) is 9.47 Å². The molecule has 2 aromatic heterocycles. The fraction of sp³-hybridized carbons (Fsp3) is 0.526. The highest BCUT2D eigenvalue weighted by molar-refractivity contribution is 5.61. The smallest absolute Gasteiger partial charge is 0.409 e. The van der Waals surface area contributed by atoms with Crippen molar-refractivity contribution >= 4 is 17.5 Å². The quantitative estimate of drug-likeness (QED) is 0.748. The maximum Gasteiger partial charge on any atom is 0.409 e. The van der Waals surface area contributed by atoms with Gasteiger partial charge >= 0.3 is 6.18 Å². The Morgan fingerprint density at radius 2 is 2.07 bits per heavy atom. The Morgan fingerprint density at radius 1 is 1.27 bits per heavy atom. The molecule has 11 heteroatoms. The lowest BCUT2D eigenvalue weighted by Crippen LogP contribution is -2.47. The topological polar surface area (TPSA) is 72.7 Å². The molecule has 0 radical (unpaired) electrons. The summed E-state index contributed by atoms with van der Waals surface area (Å²) in [6.45, 7) is 3.38. The van der Waals surface area contributed by atoms with Crippen molar-refractivity contribution in [1.29, 1.82) is 0 Å². The van der Waals surface area contributed by atoms with E-state index in [9.17, 15) is 18.0 Å². The molecule has 162 valence electrons. The van der Waals surface area contributed by atoms with Gasteiger partial charge in [0.2, 0.25) is 11.8 Å². The average Bonchev–Trinajstić information content (AvgIpc) is 2.72. The van der Waals surface area contributed by atoms with Gasteiger partial charge in [-0.2, -0.15) is 18.2 Å². The molecular formula is C19H22F3N5O3. The van der Waals surface area contributed by atoms with Crippen LogP contribution in [0.2, 0.25) is 0 Å². The maximum absolute atomic E-state index is 13.7. The largest absolute Gasteiger partial charge is 0.481 e. The fourth-order valence-corrected chi connectivity index (χ4v) is 3.88. The van der Waals surface area contributed by atoms with Crippen LogP contribution in [0, 0.1) is 0 Å². The van der Waals surface area contributed by atoms with Gasteiger partial charge in [0, 0.05) is 31.4 Å². The van der Waals surface area contributed by atoms with E-state index in [1.54, 1.807) is 17.0 Å². The summed E-state index contributed by atoms with van der Waals surface area (Å²) < 4.78 is 52.4. The van der Waals surface area contributed by atoms with Crippen LogP contribution in [-0.2, 0) is 4.74 Å². The normalized spacial score (nSPS) is 22.0. The Labute approximate surface area is 170 Å². The van der Waals surface area contributed by atoms with Crippen LogP contribution in [0.1, 0.15) is 19.4 Å². The van der Waals surface area contributed by atoms with Crippen LogP contribution in [0.15, 0.2) is 29.2 Å². The van der Waals surface area contributed by atoms with E-state index in [2.05, 4.69) is 9.97 Å². The number of anilines is 3. The molecule has 0 aromatic carbocycles. The number of methoxy groups -OCH3 is 1. The van der Waals surface area contributed by atoms with Crippen molar-refractivity contribution in [1.82, 2.24) is 14.5 Å². The van der Waals surface area contributed by atoms with Crippen LogP contribution < -0.4 is 20.1 Å². The molecule has 0 amide bonds. The number of hydrogen-bond donors (Lipinski definition) is 0. The number of nitrogens with zero attached hydrogens (tertiary/aromatic N) is 5. The van der Waals surface area contributed by atoms with Gasteiger partial charge in [0.05, 0.1) is 32.1 Å². The zero-order valence-corrected chi connectivity index (χ0v) is 16.6. The molecule has 0 spiro atoms. The third kappa shape index (κ3) is 3.69. The molecule has 1 saturated heterocycles. The van der Waals surface area contributed by atoms with E-state index in [0.717, 1.165) is 4.57 Å². The fourth-order valence-electron chi connectivity index (χ4n) is 3.88. The summed E-state index contributed by atoms with van der Waals surface area (Å²) >= 11 is 0. The highest BCUT2D eigenvalue weighted by atomic mass is 19.4. The molecule has 4 rings (SSSR count). The van der Waals surface area contributed by atoms with Gasteiger partial charge in [-0.25, -0.2) is 4.98 Å². The molecule has 2 aliphatic heterocycles. The third-order valence-electron chi connectivity index (χ3n) is 5.38. The minimum Gasteiger partial charge on any atom is -0.481 e. The van der Waals surface area contributed by atoms with E-state index < -0.39 is 17.8 Å². The molecule has 2 atom stereocenters. The summed E-state index contributed by atoms with van der Waals surface area (Å²) in [5, 5.41) is 0. The second-order valence-electron chi connectivity index (χ2n) is 7.29. The van der Waals surface area contributed by atoms with Crippen molar-refractivity contribution in [2.45, 2.75) is 31.6 Å². The number of pyridine rings is 1. The van der Waals surface area contributed by atoms with Crippen LogP contribution in [0.3, 0.4) is 0 Å². The van der Waals surface area contributed by atoms with Gasteiger partial charge in [0.15, 0.2) is 0 Å². The molecule has 2 aromatic rings. The number of halogens is 3. The van der Waals surface area contributed by atoms with Crippen molar-refractivity contribution < 1.29 is 22.6 Å². The second kappa shape index (κ2) is 7.78. The van der Waals surface area contributed by atoms with Crippen LogP contribution in [0.4, 0.5) is 30.6 Å². The van der Waals surface area contributed by atoms with Gasteiger partial charge in [0.1, 0.15) is 11.9 Å². The van der Waals surface area contributed by atoms with E-state index >= 15 is 0 Å². The third-order valence-corrected chi connectivity index (χ3v) is 5.38. The standard InChI is InChI=1S/C19H22F3N5O3/c1-12-11-30-8-7-25(12)15-10-17(28)27-14(19(20,21)22)4-6-26(18(27)24-15)13-3-5-23-16(9-13)29-2/h3,5,9-10,12,14H,4,6-8,11H2,1-2H3/t12-,14?/m1/s1. The molecule has 4 heterocycles. The van der Waals surface area contributed by atoms with E-state index in [0.29, 0.717) is 37.1 Å². The van der Waals surface area contributed by atoms with Crippen LogP contribution in [-0.4, -0.2) is 60.2 Å². The Kier molecular flexibility index (Phi) is 5.31. The first kappa shape index (κ1) is 20.5. The van der Waals surface area contributed by atoms with Crippen molar-refractivity contribution in [2.75, 3.05) is 43.2 Å². The zero-order valence-electron chi connectivity index (χ0n) is 16.6. The number of aromatic nitrogens is 3. The maximum atomic E-state index is 13.7. The van der Waals surface area contributed by atoms with E-state index in [-0.39, 0.29) is 25.0 Å². The number of alkyl halides is 3. The molecule has 2 aliphatic rings. The minimum absolute atomic E-state index is 0.0435. The predicted molar refractivity (Wildman–Crippen MR) is 104 cm³/mol. The van der Waals surface area contributed by atoms with Gasteiger partial charge in [-0.1, -0.05) is 0 Å². The summed E-state index contributed by atoms with van der Waals surface area (Å²) in [4.78, 5) is 24.9. The summed E-state index contributed by atoms with van der Waals surface area (Å²) in [6, 6.07) is 2.46. The number of ether oxygens (including phenoxy) is 2. The first-order valence-corrected chi connectivity index (χ1v) is 9.62. The van der Waals surface area contributed by atoms with Gasteiger partial charge in [-0.05, 0) is 19.4 Å². The molecule has 0 N–H and O–H groups in total. The first-order chi connectivity index (χ1) is 14.3. The molecule has 30 heavy (non-hydrogen) atoms. The average molecular weight is 425 g/mol. The number of fused-ring (bicyclic) bond motifs is 1. The number of morpholine rings is 1. The minimum atomic E-state index is -4.56. The summed E-state index contributed by atoms with van der Waals surface area (Å²) in [7, 11) is 1.45. The van der Waals surface area contributed by atoms with Crippen molar-refractivity contribution in [2.24, 2.45) is 0 Å². The van der Waals surface area contributed by atoms with Crippen LogP contribution in [0.25, 0.3) is 0 Å². The van der Waals surface area contributed by atoms with Gasteiger partial charge in [0.25, 0.3) is 5.56 Å². The Bertz CT molecular complexity index is 981. The van der Waals surface area contributed by atoms with Crippen LogP contribution >= 0.6 is 0 Å². The van der Waals surface area contributed by atoms with Gasteiger partial charge in [-0.3, -0.25) is 9.36 Å². The number of rotatable bonds is 3. The highest BCUT2D eigenvalue weighted by Gasteiger charge is 2.46. The SMILES string of the molecule is COc1cc(N2CCC(C(F)(F)F)n3c2nc(N2CCOC[C@H]2C)cc3=O)ccn1. The molecule has 0 saturated carbocycles. The lowest BCUT2D eigenvalue weighted by atomic mass is 10.1. The second-order valence-corrected chi connectivity index (χ2v) is 7.29. The van der Waals surface area contributed by atoms with Crippen molar-refractivity contribution in [3.63, 3.8) is 0 Å². The summed E-state index contributed by atoms with van der Waals surface area (Å²) in [6.07, 6.45) is -3.33. The Morgan fingerprint density at radius 3 is 2.77 bits per heavy atom. The molecule has 1 unspecified atom stereocenters. The lowest BCUT2D eigenvalue weighted by Gasteiger charge is -2.39. The Balaban J connectivity index is 1.86. The molecular weight excluding hydrogens is 403 g/mol. The summed E-state index contributed by atoms with van der Waals surface area (Å²) in [5.74, 6) is 0.617. The molecule has 1 fully saturated rings. The Hall–Kier alpha value is -2.82. The zero-order chi connectivity index (χ0) is 21.5. The predicted octanol–water partition coefficient (Wildman–Crippen LogP) is 2.52. The van der Waals surface area contributed by atoms with Gasteiger partial charge < -0.3 is 19.3 Å². The molecule has 8 nitrogen and oxygen atoms in total. The van der Waals surface area contributed by atoms with E-state index in [1.807, 2.05) is 11.8 Å². The van der Waals surface area contributed by atoms with E-state index in [1.165, 1.54) is 19.4 Å². The van der Waals surface area contributed by atoms with Crippen molar-refractivity contribution in [3.05, 3.63) is 34.7 Å². The number of hydrogen-bond acceptors (Lipinski definition) is 7. The van der Waals surface area contributed by atoms with Crippen LogP contribution in [0.5, 0.6) is 5.88 Å². The highest BCUT2D eigenvalue weighted by Crippen LogP contribution is 2.40. The monoisotopic (exact) mass is 425 g/mol. The van der Waals surface area contributed by atoms with Crippen molar-refractivity contribution in [3.8, 4) is 5.88 Å². The molecule has 0 aliphatic carbocycles.